The quantitative estimate of drug-likeness (QED) is 0.758. The smallest absolute Gasteiger partial charge is 0.257 e. The number of likely N-dealkylation sites (N-methyl/N-ethyl adjacent to an activating group) is 2. The van der Waals surface area contributed by atoms with Crippen LogP contribution < -0.4 is 9.64 Å². The fourth-order valence-electron chi connectivity index (χ4n) is 3.84. The highest BCUT2D eigenvalue weighted by Crippen LogP contribution is 2.41. The van der Waals surface area contributed by atoms with Gasteiger partial charge in [0.05, 0.1) is 19.2 Å². The Kier molecular flexibility index (Phi) is 4.82. The zero-order valence-electron chi connectivity index (χ0n) is 16.9. The Balaban J connectivity index is 1.66. The Bertz CT molecular complexity index is 1030. The van der Waals surface area contributed by atoms with Gasteiger partial charge in [-0.25, -0.2) is 0 Å². The molecule has 0 aliphatic carbocycles. The summed E-state index contributed by atoms with van der Waals surface area (Å²) >= 11 is 1.43. The molecule has 1 aromatic carbocycles. The summed E-state index contributed by atoms with van der Waals surface area (Å²) in [4.78, 5) is 44.1. The second kappa shape index (κ2) is 7.18. The summed E-state index contributed by atoms with van der Waals surface area (Å²) in [6, 6.07) is 5.45. The Labute approximate surface area is 173 Å². The van der Waals surface area contributed by atoms with Crippen molar-refractivity contribution in [2.24, 2.45) is 0 Å². The maximum absolute atomic E-state index is 13.1. The minimum absolute atomic E-state index is 0.0644. The first-order chi connectivity index (χ1) is 13.8. The molecule has 0 saturated carbocycles. The van der Waals surface area contributed by atoms with E-state index < -0.39 is 0 Å². The number of benzene rings is 1. The number of hydrogen-bond donors (Lipinski definition) is 0. The first-order valence-electron chi connectivity index (χ1n) is 9.42. The zero-order chi connectivity index (χ0) is 20.9. The molecule has 1 aromatic heterocycles. The van der Waals surface area contributed by atoms with Crippen LogP contribution in [0.1, 0.15) is 36.7 Å². The molecule has 4 rings (SSSR count). The van der Waals surface area contributed by atoms with Gasteiger partial charge in [0.15, 0.2) is 0 Å². The van der Waals surface area contributed by atoms with Gasteiger partial charge < -0.3 is 19.4 Å². The number of carbonyl (C=O) groups excluding carboxylic acids is 3. The van der Waals surface area contributed by atoms with Crippen molar-refractivity contribution >= 4 is 34.1 Å². The minimum Gasteiger partial charge on any atom is -0.496 e. The van der Waals surface area contributed by atoms with E-state index in [9.17, 15) is 14.4 Å². The molecule has 0 radical (unpaired) electrons. The molecule has 29 heavy (non-hydrogen) atoms. The molecule has 0 saturated heterocycles. The third kappa shape index (κ3) is 3.17. The highest BCUT2D eigenvalue weighted by Gasteiger charge is 2.36. The molecule has 3 heterocycles. The normalized spacial score (nSPS) is 16.5. The summed E-state index contributed by atoms with van der Waals surface area (Å²) in [5.74, 6) is 0.381. The van der Waals surface area contributed by atoms with Gasteiger partial charge in [-0.3, -0.25) is 14.4 Å². The van der Waals surface area contributed by atoms with Crippen molar-refractivity contribution in [1.29, 1.82) is 0 Å². The molecule has 0 N–H and O–H groups in total. The number of ether oxygens (including phenoxy) is 1. The molecule has 152 valence electrons. The van der Waals surface area contributed by atoms with Crippen LogP contribution in [0.4, 0.5) is 5.00 Å². The molecule has 0 unspecified atom stereocenters. The van der Waals surface area contributed by atoms with Gasteiger partial charge in [0.25, 0.3) is 11.8 Å². The molecule has 2 aliphatic heterocycles. The third-order valence-electron chi connectivity index (χ3n) is 5.59. The summed E-state index contributed by atoms with van der Waals surface area (Å²) < 4.78 is 5.34. The van der Waals surface area contributed by atoms with Crippen LogP contribution in [0.5, 0.6) is 5.75 Å². The van der Waals surface area contributed by atoms with Crippen LogP contribution in [-0.4, -0.2) is 61.8 Å². The van der Waals surface area contributed by atoms with Crippen molar-refractivity contribution in [1.82, 2.24) is 9.80 Å². The number of carbonyl (C=O) groups is 3. The van der Waals surface area contributed by atoms with Crippen molar-refractivity contribution in [2.45, 2.75) is 19.9 Å². The van der Waals surface area contributed by atoms with Crippen LogP contribution in [0.15, 0.2) is 18.2 Å². The zero-order valence-corrected chi connectivity index (χ0v) is 17.8. The number of rotatable bonds is 2. The minimum atomic E-state index is -0.127. The van der Waals surface area contributed by atoms with Gasteiger partial charge in [-0.2, -0.15) is 0 Å². The van der Waals surface area contributed by atoms with Crippen molar-refractivity contribution in [2.75, 3.05) is 39.2 Å². The molecule has 8 heteroatoms. The maximum Gasteiger partial charge on any atom is 0.257 e. The SMILES string of the molecule is COc1cc(C(=O)N2CCc3c(sc4c3C(=O)N(C)CC(=O)N4C)C2)ccc1C. The van der Waals surface area contributed by atoms with E-state index in [2.05, 4.69) is 0 Å². The number of anilines is 1. The van der Waals surface area contributed by atoms with Crippen LogP contribution >= 0.6 is 11.3 Å². The molecular formula is C21H23N3O4S. The van der Waals surface area contributed by atoms with Gasteiger partial charge in [-0.05, 0) is 36.6 Å². The molecule has 0 atom stereocenters. The fraction of sp³-hybridized carbons (Fsp3) is 0.381. The van der Waals surface area contributed by atoms with Crippen LogP contribution in [-0.2, 0) is 17.8 Å². The summed E-state index contributed by atoms with van der Waals surface area (Å²) in [7, 11) is 4.95. The van der Waals surface area contributed by atoms with E-state index in [1.165, 1.54) is 16.2 Å². The summed E-state index contributed by atoms with van der Waals surface area (Å²) in [6.07, 6.45) is 0.595. The standard InChI is InChI=1S/C21H23N3O4S/c1-12-5-6-13(9-15(12)28-4)19(26)24-8-7-14-16(10-24)29-21-18(14)20(27)22(2)11-17(25)23(21)3/h5-6,9H,7-8,10-11H2,1-4H3. The monoisotopic (exact) mass is 413 g/mol. The number of aryl methyl sites for hydroxylation is 1. The predicted octanol–water partition coefficient (Wildman–Crippen LogP) is 2.31. The first kappa shape index (κ1) is 19.4. The number of thiophene rings is 1. The summed E-state index contributed by atoms with van der Waals surface area (Å²) in [5.41, 5.74) is 3.14. The van der Waals surface area contributed by atoms with Gasteiger partial charge >= 0.3 is 0 Å². The first-order valence-corrected chi connectivity index (χ1v) is 10.2. The molecule has 2 aromatic rings. The Morgan fingerprint density at radius 1 is 1.17 bits per heavy atom. The fourth-order valence-corrected chi connectivity index (χ4v) is 5.17. The second-order valence-electron chi connectivity index (χ2n) is 7.46. The molecule has 7 nitrogen and oxygen atoms in total. The molecule has 0 bridgehead atoms. The largest absolute Gasteiger partial charge is 0.496 e. The maximum atomic E-state index is 13.1. The topological polar surface area (TPSA) is 70.2 Å². The van der Waals surface area contributed by atoms with Crippen LogP contribution in [0.25, 0.3) is 0 Å². The third-order valence-corrected chi connectivity index (χ3v) is 6.89. The van der Waals surface area contributed by atoms with Gasteiger partial charge in [0, 0.05) is 31.1 Å². The van der Waals surface area contributed by atoms with Crippen molar-refractivity contribution in [3.8, 4) is 5.75 Å². The number of fused-ring (bicyclic) bond motifs is 3. The number of hydrogen-bond acceptors (Lipinski definition) is 5. The van der Waals surface area contributed by atoms with E-state index in [4.69, 9.17) is 4.74 Å². The number of amides is 3. The average Bonchev–Trinajstić information content (AvgIpc) is 3.07. The van der Waals surface area contributed by atoms with E-state index in [1.807, 2.05) is 19.1 Å². The molecule has 2 aliphatic rings. The highest BCUT2D eigenvalue weighted by atomic mass is 32.1. The van der Waals surface area contributed by atoms with E-state index in [-0.39, 0.29) is 24.3 Å². The van der Waals surface area contributed by atoms with Crippen molar-refractivity contribution < 1.29 is 19.1 Å². The van der Waals surface area contributed by atoms with Gasteiger partial charge in [0.2, 0.25) is 5.91 Å². The molecule has 3 amide bonds. The lowest BCUT2D eigenvalue weighted by Gasteiger charge is -2.28. The Hall–Kier alpha value is -2.87. The Morgan fingerprint density at radius 2 is 1.93 bits per heavy atom. The Morgan fingerprint density at radius 3 is 2.66 bits per heavy atom. The van der Waals surface area contributed by atoms with Crippen LogP contribution in [0, 0.1) is 6.92 Å². The molecular weight excluding hydrogens is 390 g/mol. The van der Waals surface area contributed by atoms with Gasteiger partial charge in [0.1, 0.15) is 17.3 Å². The summed E-state index contributed by atoms with van der Waals surface area (Å²) in [5, 5.41) is 0.681. The van der Waals surface area contributed by atoms with Crippen molar-refractivity contribution in [3.05, 3.63) is 45.3 Å². The predicted molar refractivity (Wildman–Crippen MR) is 111 cm³/mol. The second-order valence-corrected chi connectivity index (χ2v) is 8.54. The lowest BCUT2D eigenvalue weighted by Crippen LogP contribution is -2.37. The lowest BCUT2D eigenvalue weighted by molar-refractivity contribution is -0.118. The lowest BCUT2D eigenvalue weighted by atomic mass is 10.0. The number of nitrogens with zero attached hydrogens (tertiary/aromatic N) is 3. The van der Waals surface area contributed by atoms with E-state index in [0.29, 0.717) is 41.4 Å². The van der Waals surface area contributed by atoms with E-state index in [0.717, 1.165) is 16.0 Å². The van der Waals surface area contributed by atoms with Crippen LogP contribution in [0.2, 0.25) is 0 Å². The van der Waals surface area contributed by atoms with E-state index in [1.54, 1.807) is 37.1 Å². The highest BCUT2D eigenvalue weighted by molar-refractivity contribution is 7.17. The van der Waals surface area contributed by atoms with Crippen LogP contribution in [0.3, 0.4) is 0 Å². The van der Waals surface area contributed by atoms with E-state index >= 15 is 0 Å². The number of methoxy groups -OCH3 is 1. The molecule has 0 spiro atoms. The summed E-state index contributed by atoms with van der Waals surface area (Å²) in [6.45, 7) is 2.97. The van der Waals surface area contributed by atoms with Crippen molar-refractivity contribution in [3.63, 3.8) is 0 Å². The average molecular weight is 413 g/mol. The van der Waals surface area contributed by atoms with Gasteiger partial charge in [-0.1, -0.05) is 6.07 Å². The van der Waals surface area contributed by atoms with Gasteiger partial charge in [-0.15, -0.1) is 11.3 Å². The molecule has 0 fully saturated rings.